The van der Waals surface area contributed by atoms with Gasteiger partial charge < -0.3 is 0 Å². The van der Waals surface area contributed by atoms with E-state index in [9.17, 15) is 9.59 Å². The molecule has 0 aliphatic carbocycles. The summed E-state index contributed by atoms with van der Waals surface area (Å²) in [6.07, 6.45) is 5.44. The van der Waals surface area contributed by atoms with Gasteiger partial charge in [0.1, 0.15) is 0 Å². The zero-order chi connectivity index (χ0) is 19.3. The van der Waals surface area contributed by atoms with Crippen LogP contribution in [0.15, 0.2) is 52.2 Å². The first-order chi connectivity index (χ1) is 12.9. The lowest BCUT2D eigenvalue weighted by molar-refractivity contribution is 0.666. The van der Waals surface area contributed by atoms with Crippen LogP contribution in [0.1, 0.15) is 12.6 Å². The van der Waals surface area contributed by atoms with Crippen LogP contribution >= 0.6 is 11.6 Å². The number of halogens is 1. The summed E-state index contributed by atoms with van der Waals surface area (Å²) >= 11 is 6.00. The highest BCUT2D eigenvalue weighted by atomic mass is 35.5. The van der Waals surface area contributed by atoms with Gasteiger partial charge in [-0.1, -0.05) is 23.8 Å². The van der Waals surface area contributed by atoms with Gasteiger partial charge >= 0.3 is 5.69 Å². The van der Waals surface area contributed by atoms with Crippen molar-refractivity contribution in [3.63, 3.8) is 0 Å². The van der Waals surface area contributed by atoms with Gasteiger partial charge in [-0.05, 0) is 38.1 Å². The maximum Gasteiger partial charge on any atom is 0.332 e. The first-order valence-corrected chi connectivity index (χ1v) is 8.89. The first kappa shape index (κ1) is 17.4. The van der Waals surface area contributed by atoms with E-state index >= 15 is 0 Å². The van der Waals surface area contributed by atoms with Crippen LogP contribution < -0.4 is 11.2 Å². The van der Waals surface area contributed by atoms with Crippen molar-refractivity contribution in [2.24, 2.45) is 7.05 Å². The molecule has 0 unspecified atom stereocenters. The number of hydrogen-bond donors (Lipinski definition) is 0. The average Bonchev–Trinajstić information content (AvgIpc) is 3.15. The highest BCUT2D eigenvalue weighted by molar-refractivity contribution is 6.30. The Bertz CT molecular complexity index is 1320. The molecule has 4 rings (SSSR count). The fourth-order valence-corrected chi connectivity index (χ4v) is 3.42. The summed E-state index contributed by atoms with van der Waals surface area (Å²) in [6, 6.07) is 7.38. The second kappa shape index (κ2) is 6.28. The molecule has 0 saturated carbocycles. The molecule has 0 saturated heterocycles. The van der Waals surface area contributed by atoms with Crippen molar-refractivity contribution in [3.8, 4) is 5.69 Å². The molecule has 0 amide bonds. The largest absolute Gasteiger partial charge is 0.332 e. The maximum atomic E-state index is 13.0. The Hall–Kier alpha value is -3.06. The average molecular weight is 384 g/mol. The Morgan fingerprint density at radius 2 is 1.89 bits per heavy atom. The minimum Gasteiger partial charge on any atom is -0.283 e. The summed E-state index contributed by atoms with van der Waals surface area (Å²) in [6.45, 7) is 4.01. The van der Waals surface area contributed by atoms with Gasteiger partial charge in [-0.25, -0.2) is 4.79 Å². The highest BCUT2D eigenvalue weighted by Gasteiger charge is 2.20. The van der Waals surface area contributed by atoms with Crippen molar-refractivity contribution < 1.29 is 0 Å². The number of aryl methyl sites for hydroxylation is 2. The molecule has 0 aliphatic rings. The molecule has 0 fully saturated rings. The lowest BCUT2D eigenvalue weighted by Gasteiger charge is -2.06. The van der Waals surface area contributed by atoms with Crippen LogP contribution in [-0.4, -0.2) is 23.1 Å². The van der Waals surface area contributed by atoms with Crippen LogP contribution in [0.4, 0.5) is 0 Å². The number of allylic oxidation sites excluding steroid dienone is 2. The Balaban J connectivity index is 2.10. The zero-order valence-electron chi connectivity index (χ0n) is 15.2. The summed E-state index contributed by atoms with van der Waals surface area (Å²) < 4.78 is 6.30. The number of imidazole rings is 2. The first-order valence-electron chi connectivity index (χ1n) is 8.51. The van der Waals surface area contributed by atoms with Crippen LogP contribution in [0.5, 0.6) is 0 Å². The number of nitrogens with zero attached hydrogens (tertiary/aromatic N) is 5. The second-order valence-electron chi connectivity index (χ2n) is 6.36. The molecule has 138 valence electrons. The van der Waals surface area contributed by atoms with Gasteiger partial charge in [-0.15, -0.1) is 0 Å². The molecule has 0 N–H and O–H groups in total. The van der Waals surface area contributed by atoms with E-state index in [1.807, 2.05) is 42.8 Å². The predicted octanol–water partition coefficient (Wildman–Crippen LogP) is 2.68. The van der Waals surface area contributed by atoms with Gasteiger partial charge in [-0.2, -0.15) is 4.98 Å². The molecule has 4 aromatic rings. The smallest absolute Gasteiger partial charge is 0.283 e. The minimum absolute atomic E-state index is 0.224. The van der Waals surface area contributed by atoms with E-state index in [4.69, 9.17) is 11.6 Å². The molecule has 0 aliphatic heterocycles. The third kappa shape index (κ3) is 2.54. The van der Waals surface area contributed by atoms with Crippen LogP contribution in [0.2, 0.25) is 5.02 Å². The molecular formula is C19H18ClN5O2. The van der Waals surface area contributed by atoms with Crippen molar-refractivity contribution in [3.05, 3.63) is 74.2 Å². The number of benzene rings is 1. The molecule has 27 heavy (non-hydrogen) atoms. The molecule has 3 heterocycles. The van der Waals surface area contributed by atoms with Crippen LogP contribution in [0.25, 0.3) is 22.6 Å². The Morgan fingerprint density at radius 1 is 1.19 bits per heavy atom. The van der Waals surface area contributed by atoms with Crippen molar-refractivity contribution in [1.29, 1.82) is 0 Å². The molecule has 7 nitrogen and oxygen atoms in total. The van der Waals surface area contributed by atoms with E-state index in [1.165, 1.54) is 9.13 Å². The van der Waals surface area contributed by atoms with Gasteiger partial charge in [0.05, 0.1) is 0 Å². The zero-order valence-corrected chi connectivity index (χ0v) is 15.9. The highest BCUT2D eigenvalue weighted by Crippen LogP contribution is 2.22. The molecule has 0 radical (unpaired) electrons. The molecule has 3 aromatic heterocycles. The number of fused-ring (bicyclic) bond motifs is 3. The van der Waals surface area contributed by atoms with Crippen LogP contribution in [-0.2, 0) is 13.6 Å². The molecule has 0 spiro atoms. The molecule has 0 atom stereocenters. The fourth-order valence-electron chi connectivity index (χ4n) is 3.29. The van der Waals surface area contributed by atoms with Gasteiger partial charge in [-0.3, -0.25) is 22.9 Å². The molecule has 8 heteroatoms. The Morgan fingerprint density at radius 3 is 2.56 bits per heavy atom. The van der Waals surface area contributed by atoms with E-state index in [1.54, 1.807) is 29.7 Å². The van der Waals surface area contributed by atoms with E-state index in [2.05, 4.69) is 4.98 Å². The maximum absolute atomic E-state index is 13.0. The minimum atomic E-state index is -0.388. The van der Waals surface area contributed by atoms with E-state index in [-0.39, 0.29) is 17.8 Å². The number of rotatable bonds is 3. The number of hydrogen-bond acceptors (Lipinski definition) is 3. The molecular weight excluding hydrogens is 366 g/mol. The molecule has 0 bridgehead atoms. The van der Waals surface area contributed by atoms with Gasteiger partial charge in [0.25, 0.3) is 5.56 Å². The third-order valence-electron chi connectivity index (χ3n) is 4.63. The number of aromatic nitrogens is 5. The normalized spacial score (nSPS) is 12.0. The SMILES string of the molecule is CC=CCn1c(=O)c2c(nc3n(-c4ccc(Cl)cc4)c(C)cn23)n(C)c1=O. The van der Waals surface area contributed by atoms with Crippen molar-refractivity contribution in [1.82, 2.24) is 23.1 Å². The van der Waals surface area contributed by atoms with Crippen LogP contribution in [0.3, 0.4) is 0 Å². The van der Waals surface area contributed by atoms with Gasteiger partial charge in [0, 0.05) is 36.2 Å². The van der Waals surface area contributed by atoms with Crippen molar-refractivity contribution in [2.75, 3.05) is 0 Å². The quantitative estimate of drug-likeness (QED) is 0.511. The monoisotopic (exact) mass is 383 g/mol. The van der Waals surface area contributed by atoms with Crippen molar-refractivity contribution in [2.45, 2.75) is 20.4 Å². The summed E-state index contributed by atoms with van der Waals surface area (Å²) in [5.41, 5.74) is 1.79. The predicted molar refractivity (Wildman–Crippen MR) is 106 cm³/mol. The van der Waals surface area contributed by atoms with E-state index in [0.717, 1.165) is 11.4 Å². The second-order valence-corrected chi connectivity index (χ2v) is 6.80. The lowest BCUT2D eigenvalue weighted by atomic mass is 10.3. The summed E-state index contributed by atoms with van der Waals surface area (Å²) in [7, 11) is 1.63. The van der Waals surface area contributed by atoms with Gasteiger partial charge in [0.15, 0.2) is 11.2 Å². The lowest BCUT2D eigenvalue weighted by Crippen LogP contribution is -2.39. The third-order valence-corrected chi connectivity index (χ3v) is 4.89. The van der Waals surface area contributed by atoms with Crippen molar-refractivity contribution >= 4 is 28.5 Å². The summed E-state index contributed by atoms with van der Waals surface area (Å²) in [5, 5.41) is 0.641. The Kier molecular flexibility index (Phi) is 4.04. The van der Waals surface area contributed by atoms with Crippen LogP contribution in [0, 0.1) is 6.92 Å². The van der Waals surface area contributed by atoms with E-state index < -0.39 is 0 Å². The van der Waals surface area contributed by atoms with E-state index in [0.29, 0.717) is 22.0 Å². The standard InChI is InChI=1S/C19H18ClN5O2/c1-4-5-10-23-17(26)15-16(22(3)19(23)27)21-18-24(15)11-12(2)25(18)14-8-6-13(20)7-9-14/h4-9,11H,10H2,1-3H3. The fraction of sp³-hybridized carbons (Fsp3) is 0.211. The molecule has 1 aromatic carbocycles. The van der Waals surface area contributed by atoms with Gasteiger partial charge in [0.2, 0.25) is 5.78 Å². The Labute approximate surface area is 159 Å². The summed E-state index contributed by atoms with van der Waals surface area (Å²) in [5.74, 6) is 0.570. The summed E-state index contributed by atoms with van der Waals surface area (Å²) in [4.78, 5) is 30.2. The topological polar surface area (TPSA) is 66.2 Å².